The first-order chi connectivity index (χ1) is 18.8. The molecule has 200 valence electrons. The van der Waals surface area contributed by atoms with Gasteiger partial charge in [-0.1, -0.05) is 149 Å². The Bertz CT molecular complexity index is 1140. The van der Waals surface area contributed by atoms with E-state index in [0.29, 0.717) is 0 Å². The maximum absolute atomic E-state index is 6.90. The Hall–Kier alpha value is -2.52. The Morgan fingerprint density at radius 3 is 1.46 bits per heavy atom. The second-order valence-corrected chi connectivity index (χ2v) is 10.1. The molecule has 4 aromatic rings. The summed E-state index contributed by atoms with van der Waals surface area (Å²) in [5, 5.41) is 0. The summed E-state index contributed by atoms with van der Waals surface area (Å²) in [6.45, 7) is 2.28. The molecule has 0 atom stereocenters. The Kier molecular flexibility index (Phi) is 13.7. The molecule has 0 radical (unpaired) electrons. The van der Waals surface area contributed by atoms with Crippen molar-refractivity contribution in [2.24, 2.45) is 0 Å². The van der Waals surface area contributed by atoms with Crippen LogP contribution in [0, 0.1) is 0 Å². The minimum absolute atomic E-state index is 0. The van der Waals surface area contributed by atoms with Crippen LogP contribution in [0.15, 0.2) is 115 Å². The van der Waals surface area contributed by atoms with E-state index >= 15 is 0 Å². The molecule has 0 spiro atoms. The third-order valence-electron chi connectivity index (χ3n) is 7.08. The monoisotopic (exact) mass is 530 g/mol. The van der Waals surface area contributed by atoms with Crippen LogP contribution in [0.25, 0.3) is 11.1 Å². The molecule has 3 heteroatoms. The summed E-state index contributed by atoms with van der Waals surface area (Å²) >= 11 is 0. The molecular formula is C36H43NaO2. The van der Waals surface area contributed by atoms with Crippen molar-refractivity contribution in [3.05, 3.63) is 121 Å². The van der Waals surface area contributed by atoms with Crippen molar-refractivity contribution >= 4 is 29.6 Å². The molecule has 2 nitrogen and oxygen atoms in total. The zero-order valence-corrected chi connectivity index (χ0v) is 22.9. The fraction of sp³-hybridized carbons (Fsp3) is 0.333. The maximum atomic E-state index is 6.90. The van der Waals surface area contributed by atoms with Crippen molar-refractivity contribution < 1.29 is 9.47 Å². The molecule has 0 amide bonds. The van der Waals surface area contributed by atoms with Crippen LogP contribution in [0.4, 0.5) is 0 Å². The molecule has 0 saturated heterocycles. The van der Waals surface area contributed by atoms with E-state index in [0.717, 1.165) is 41.0 Å². The first-order valence-corrected chi connectivity index (χ1v) is 14.4. The summed E-state index contributed by atoms with van der Waals surface area (Å²) in [5.74, 6) is 0.653. The van der Waals surface area contributed by atoms with Crippen LogP contribution in [-0.2, 0) is 5.79 Å². The fourth-order valence-corrected chi connectivity index (χ4v) is 5.08. The van der Waals surface area contributed by atoms with Crippen molar-refractivity contribution in [2.45, 2.75) is 76.9 Å². The standard InChI is InChI=1S/C36H42O2.Na.H/c1-2-3-4-5-6-7-8-9-21-30-36(37-32-24-15-11-16-25-32,38-33-26-17-12-18-27-33)35-29-20-19-28-34(35)31-22-13-10-14-23-31;;/h10-20,22-29H,2-9,21,30H2,1H3;;. The van der Waals surface area contributed by atoms with Crippen molar-refractivity contribution in [2.75, 3.05) is 0 Å². The van der Waals surface area contributed by atoms with Gasteiger partial charge in [0.25, 0.3) is 5.79 Å². The summed E-state index contributed by atoms with van der Waals surface area (Å²) in [4.78, 5) is 0. The average Bonchev–Trinajstić information content (AvgIpc) is 2.98. The van der Waals surface area contributed by atoms with Gasteiger partial charge in [-0.3, -0.25) is 0 Å². The second-order valence-electron chi connectivity index (χ2n) is 10.1. The third-order valence-corrected chi connectivity index (χ3v) is 7.08. The number of hydrogen-bond acceptors (Lipinski definition) is 2. The summed E-state index contributed by atoms with van der Waals surface area (Å²) in [6.07, 6.45) is 12.2. The molecule has 0 aliphatic carbocycles. The molecule has 0 fully saturated rings. The number of ether oxygens (including phenoxy) is 2. The summed E-state index contributed by atoms with van der Waals surface area (Å²) in [5.41, 5.74) is 3.35. The molecule has 0 aliphatic rings. The SMILES string of the molecule is CCCCCCCCCCCC(Oc1ccccc1)(Oc1ccccc1)c1ccccc1-c1ccccc1.[NaH]. The van der Waals surface area contributed by atoms with Gasteiger partial charge in [-0.15, -0.1) is 0 Å². The minimum atomic E-state index is -0.962. The Balaban J connectivity index is 0.00000420. The van der Waals surface area contributed by atoms with Gasteiger partial charge in [0.1, 0.15) is 11.5 Å². The van der Waals surface area contributed by atoms with Gasteiger partial charge >= 0.3 is 29.6 Å². The van der Waals surface area contributed by atoms with E-state index in [4.69, 9.17) is 9.47 Å². The molecular weight excluding hydrogens is 487 g/mol. The fourth-order valence-electron chi connectivity index (χ4n) is 5.08. The van der Waals surface area contributed by atoms with Crippen LogP contribution in [-0.4, -0.2) is 29.6 Å². The Morgan fingerprint density at radius 2 is 0.923 bits per heavy atom. The van der Waals surface area contributed by atoms with Gasteiger partial charge in [0, 0.05) is 12.0 Å². The van der Waals surface area contributed by atoms with E-state index in [1.54, 1.807) is 0 Å². The van der Waals surface area contributed by atoms with E-state index in [2.05, 4.69) is 61.5 Å². The van der Waals surface area contributed by atoms with Crippen LogP contribution >= 0.6 is 0 Å². The zero-order valence-electron chi connectivity index (χ0n) is 22.9. The number of para-hydroxylation sites is 2. The molecule has 0 aromatic heterocycles. The van der Waals surface area contributed by atoms with Crippen molar-refractivity contribution in [1.82, 2.24) is 0 Å². The van der Waals surface area contributed by atoms with Gasteiger partial charge in [-0.25, -0.2) is 0 Å². The molecule has 4 aromatic carbocycles. The Morgan fingerprint density at radius 1 is 0.487 bits per heavy atom. The van der Waals surface area contributed by atoms with Crippen molar-refractivity contribution in [3.8, 4) is 22.6 Å². The van der Waals surface area contributed by atoms with Gasteiger partial charge in [0.2, 0.25) is 0 Å². The average molecular weight is 531 g/mol. The Labute approximate surface area is 258 Å². The third kappa shape index (κ3) is 9.57. The van der Waals surface area contributed by atoms with Crippen LogP contribution in [0.3, 0.4) is 0 Å². The van der Waals surface area contributed by atoms with E-state index < -0.39 is 5.79 Å². The first-order valence-electron chi connectivity index (χ1n) is 14.4. The van der Waals surface area contributed by atoms with E-state index in [-0.39, 0.29) is 29.6 Å². The molecule has 39 heavy (non-hydrogen) atoms. The number of unbranched alkanes of at least 4 members (excludes halogenated alkanes) is 8. The predicted molar refractivity (Wildman–Crippen MR) is 167 cm³/mol. The molecule has 0 unspecified atom stereocenters. The molecule has 4 rings (SSSR count). The van der Waals surface area contributed by atoms with Crippen LogP contribution in [0.1, 0.15) is 76.7 Å². The van der Waals surface area contributed by atoms with Gasteiger partial charge in [0.05, 0.1) is 0 Å². The number of hydrogen-bond donors (Lipinski definition) is 0. The molecule has 0 N–H and O–H groups in total. The number of rotatable bonds is 16. The van der Waals surface area contributed by atoms with E-state index in [9.17, 15) is 0 Å². The molecule has 0 aliphatic heterocycles. The quantitative estimate of drug-likeness (QED) is 0.0815. The first kappa shape index (κ1) is 31.0. The summed E-state index contributed by atoms with van der Waals surface area (Å²) in [6, 6.07) is 39.3. The zero-order chi connectivity index (χ0) is 26.3. The molecule has 0 bridgehead atoms. The topological polar surface area (TPSA) is 18.5 Å². The van der Waals surface area contributed by atoms with Crippen LogP contribution in [0.5, 0.6) is 11.5 Å². The van der Waals surface area contributed by atoms with Crippen LogP contribution < -0.4 is 9.47 Å². The normalized spacial score (nSPS) is 11.0. The molecule has 0 saturated carbocycles. The van der Waals surface area contributed by atoms with E-state index in [1.165, 1.54) is 51.4 Å². The van der Waals surface area contributed by atoms with Crippen molar-refractivity contribution in [1.29, 1.82) is 0 Å². The summed E-state index contributed by atoms with van der Waals surface area (Å²) in [7, 11) is 0. The van der Waals surface area contributed by atoms with Gasteiger partial charge in [0.15, 0.2) is 0 Å². The molecule has 0 heterocycles. The predicted octanol–water partition coefficient (Wildman–Crippen LogP) is 9.94. The van der Waals surface area contributed by atoms with Crippen molar-refractivity contribution in [3.63, 3.8) is 0 Å². The van der Waals surface area contributed by atoms with Crippen LogP contribution in [0.2, 0.25) is 0 Å². The van der Waals surface area contributed by atoms with Gasteiger partial charge in [-0.05, 0) is 41.8 Å². The van der Waals surface area contributed by atoms with E-state index in [1.807, 2.05) is 60.7 Å². The second kappa shape index (κ2) is 17.2. The van der Waals surface area contributed by atoms with Gasteiger partial charge in [-0.2, -0.15) is 0 Å². The number of benzene rings is 4. The van der Waals surface area contributed by atoms with Gasteiger partial charge < -0.3 is 9.47 Å². The summed E-state index contributed by atoms with van der Waals surface area (Å²) < 4.78 is 13.8.